The highest BCUT2D eigenvalue weighted by Crippen LogP contribution is 2.27. The SMILES string of the molecule is Cc1ccc(N2C[C@H](C(=O)NCc3cn(-c4ccncc4)nn3)CC2=O)cc1C. The van der Waals surface area contributed by atoms with Crippen LogP contribution in [0.3, 0.4) is 0 Å². The molecule has 0 radical (unpaired) electrons. The molecule has 148 valence electrons. The van der Waals surface area contributed by atoms with Gasteiger partial charge in [0, 0.05) is 31.0 Å². The Morgan fingerprint density at radius 2 is 1.93 bits per heavy atom. The van der Waals surface area contributed by atoms with Crippen molar-refractivity contribution in [1.29, 1.82) is 0 Å². The quantitative estimate of drug-likeness (QED) is 0.719. The Bertz CT molecular complexity index is 1050. The van der Waals surface area contributed by atoms with Gasteiger partial charge in [0.2, 0.25) is 11.8 Å². The van der Waals surface area contributed by atoms with E-state index in [2.05, 4.69) is 20.6 Å². The van der Waals surface area contributed by atoms with Crippen LogP contribution in [-0.4, -0.2) is 38.3 Å². The van der Waals surface area contributed by atoms with E-state index >= 15 is 0 Å². The number of carbonyl (C=O) groups is 2. The summed E-state index contributed by atoms with van der Waals surface area (Å²) in [6.45, 7) is 4.70. The van der Waals surface area contributed by atoms with Crippen molar-refractivity contribution in [2.45, 2.75) is 26.8 Å². The van der Waals surface area contributed by atoms with Crippen molar-refractivity contribution in [3.63, 3.8) is 0 Å². The van der Waals surface area contributed by atoms with Crippen LogP contribution in [0.1, 0.15) is 23.2 Å². The first-order chi connectivity index (χ1) is 14.0. The van der Waals surface area contributed by atoms with E-state index in [4.69, 9.17) is 0 Å². The zero-order valence-electron chi connectivity index (χ0n) is 16.4. The Balaban J connectivity index is 1.36. The van der Waals surface area contributed by atoms with Crippen molar-refractivity contribution in [2.75, 3.05) is 11.4 Å². The lowest BCUT2D eigenvalue weighted by Gasteiger charge is -2.18. The Morgan fingerprint density at radius 3 is 2.69 bits per heavy atom. The van der Waals surface area contributed by atoms with Gasteiger partial charge >= 0.3 is 0 Å². The van der Waals surface area contributed by atoms with Gasteiger partial charge in [0.15, 0.2) is 0 Å². The minimum Gasteiger partial charge on any atom is -0.350 e. The lowest BCUT2D eigenvalue weighted by molar-refractivity contribution is -0.126. The van der Waals surface area contributed by atoms with Crippen molar-refractivity contribution in [3.05, 3.63) is 65.7 Å². The van der Waals surface area contributed by atoms with Gasteiger partial charge < -0.3 is 10.2 Å². The summed E-state index contributed by atoms with van der Waals surface area (Å²) in [5, 5.41) is 11.0. The molecule has 1 N–H and O–H groups in total. The summed E-state index contributed by atoms with van der Waals surface area (Å²) in [7, 11) is 0. The van der Waals surface area contributed by atoms with Gasteiger partial charge in [-0.1, -0.05) is 11.3 Å². The number of carbonyl (C=O) groups excluding carboxylic acids is 2. The van der Waals surface area contributed by atoms with E-state index in [1.54, 1.807) is 28.2 Å². The van der Waals surface area contributed by atoms with Crippen molar-refractivity contribution in [2.24, 2.45) is 5.92 Å². The molecule has 3 heterocycles. The maximum atomic E-state index is 12.6. The number of amides is 2. The van der Waals surface area contributed by atoms with Crippen LogP contribution in [0.15, 0.2) is 48.9 Å². The van der Waals surface area contributed by atoms with Gasteiger partial charge in [-0.2, -0.15) is 0 Å². The van der Waals surface area contributed by atoms with Gasteiger partial charge in [0.25, 0.3) is 0 Å². The van der Waals surface area contributed by atoms with E-state index in [0.717, 1.165) is 16.9 Å². The average Bonchev–Trinajstić information content (AvgIpc) is 3.36. The summed E-state index contributed by atoms with van der Waals surface area (Å²) in [4.78, 5) is 30.7. The highest BCUT2D eigenvalue weighted by Gasteiger charge is 2.35. The Kier molecular flexibility index (Phi) is 5.07. The summed E-state index contributed by atoms with van der Waals surface area (Å²) in [6, 6.07) is 9.56. The molecule has 0 aliphatic carbocycles. The molecule has 2 aromatic heterocycles. The molecular weight excluding hydrogens is 368 g/mol. The maximum Gasteiger partial charge on any atom is 0.227 e. The van der Waals surface area contributed by atoms with Crippen LogP contribution >= 0.6 is 0 Å². The monoisotopic (exact) mass is 390 g/mol. The van der Waals surface area contributed by atoms with Gasteiger partial charge in [-0.05, 0) is 49.2 Å². The minimum atomic E-state index is -0.376. The number of hydrogen-bond acceptors (Lipinski definition) is 5. The summed E-state index contributed by atoms with van der Waals surface area (Å²) in [5.41, 5.74) is 4.63. The minimum absolute atomic E-state index is 0.0305. The zero-order chi connectivity index (χ0) is 20.4. The number of aryl methyl sites for hydroxylation is 2. The molecule has 0 spiro atoms. The molecule has 0 bridgehead atoms. The normalized spacial score (nSPS) is 16.3. The fourth-order valence-corrected chi connectivity index (χ4v) is 3.35. The molecule has 1 fully saturated rings. The van der Waals surface area contributed by atoms with Crippen LogP contribution in [0.25, 0.3) is 5.69 Å². The standard InChI is InChI=1S/C21H22N6O2/c1-14-3-4-19(9-15(14)2)26-12-16(10-20(26)28)21(29)23-11-17-13-27(25-24-17)18-5-7-22-8-6-18/h3-9,13,16H,10-12H2,1-2H3,(H,23,29)/t16-/m1/s1. The molecule has 0 saturated carbocycles. The topological polar surface area (TPSA) is 93.0 Å². The molecule has 3 aromatic rings. The van der Waals surface area contributed by atoms with Crippen LogP contribution in [0.2, 0.25) is 0 Å². The molecule has 8 heteroatoms. The molecule has 1 atom stereocenters. The number of aromatic nitrogens is 4. The van der Waals surface area contributed by atoms with Crippen molar-refractivity contribution < 1.29 is 9.59 Å². The second kappa shape index (κ2) is 7.83. The van der Waals surface area contributed by atoms with Crippen molar-refractivity contribution in [1.82, 2.24) is 25.3 Å². The van der Waals surface area contributed by atoms with Crippen LogP contribution in [0, 0.1) is 19.8 Å². The predicted octanol–water partition coefficient (Wildman–Crippen LogP) is 1.95. The number of hydrogen-bond donors (Lipinski definition) is 1. The molecule has 1 aliphatic rings. The van der Waals surface area contributed by atoms with Gasteiger partial charge in [0.1, 0.15) is 5.69 Å². The molecule has 1 saturated heterocycles. The number of nitrogens with zero attached hydrogens (tertiary/aromatic N) is 5. The molecule has 8 nitrogen and oxygen atoms in total. The molecule has 1 aromatic carbocycles. The van der Waals surface area contributed by atoms with Crippen LogP contribution in [0.4, 0.5) is 5.69 Å². The number of anilines is 1. The third-order valence-corrected chi connectivity index (χ3v) is 5.21. The summed E-state index contributed by atoms with van der Waals surface area (Å²) < 4.78 is 1.63. The summed E-state index contributed by atoms with van der Waals surface area (Å²) in [6.07, 6.45) is 5.33. The van der Waals surface area contributed by atoms with Crippen molar-refractivity contribution in [3.8, 4) is 5.69 Å². The van der Waals surface area contributed by atoms with E-state index in [0.29, 0.717) is 12.2 Å². The number of benzene rings is 1. The Labute approximate surface area is 168 Å². The third-order valence-electron chi connectivity index (χ3n) is 5.21. The van der Waals surface area contributed by atoms with Gasteiger partial charge in [-0.25, -0.2) is 4.68 Å². The molecule has 2 amide bonds. The van der Waals surface area contributed by atoms with Crippen LogP contribution in [0.5, 0.6) is 0 Å². The smallest absolute Gasteiger partial charge is 0.227 e. The van der Waals surface area contributed by atoms with Gasteiger partial charge in [0.05, 0.1) is 24.3 Å². The van der Waals surface area contributed by atoms with E-state index in [9.17, 15) is 9.59 Å². The van der Waals surface area contributed by atoms with Crippen LogP contribution < -0.4 is 10.2 Å². The second-order valence-electron chi connectivity index (χ2n) is 7.25. The first kappa shape index (κ1) is 18.8. The third kappa shape index (κ3) is 4.01. The predicted molar refractivity (Wildman–Crippen MR) is 107 cm³/mol. The molecular formula is C21H22N6O2. The fraction of sp³-hybridized carbons (Fsp3) is 0.286. The van der Waals surface area contributed by atoms with E-state index in [1.807, 2.05) is 44.2 Å². The molecule has 29 heavy (non-hydrogen) atoms. The van der Waals surface area contributed by atoms with Gasteiger partial charge in [-0.15, -0.1) is 5.10 Å². The maximum absolute atomic E-state index is 12.6. The number of pyridine rings is 1. The lowest BCUT2D eigenvalue weighted by atomic mass is 10.1. The Morgan fingerprint density at radius 1 is 1.14 bits per heavy atom. The number of rotatable bonds is 5. The summed E-state index contributed by atoms with van der Waals surface area (Å²) >= 11 is 0. The molecule has 0 unspecified atom stereocenters. The molecule has 1 aliphatic heterocycles. The van der Waals surface area contributed by atoms with Crippen molar-refractivity contribution >= 4 is 17.5 Å². The summed E-state index contributed by atoms with van der Waals surface area (Å²) in [5.74, 6) is -0.556. The largest absolute Gasteiger partial charge is 0.350 e. The average molecular weight is 390 g/mol. The highest BCUT2D eigenvalue weighted by molar-refractivity contribution is 6.00. The first-order valence-electron chi connectivity index (χ1n) is 9.48. The lowest BCUT2D eigenvalue weighted by Crippen LogP contribution is -2.32. The second-order valence-corrected chi connectivity index (χ2v) is 7.25. The van der Waals surface area contributed by atoms with E-state index < -0.39 is 0 Å². The first-order valence-corrected chi connectivity index (χ1v) is 9.48. The van der Waals surface area contributed by atoms with Crippen LogP contribution in [-0.2, 0) is 16.1 Å². The molecule has 4 rings (SSSR count). The fourth-order valence-electron chi connectivity index (χ4n) is 3.35. The van der Waals surface area contributed by atoms with E-state index in [1.165, 1.54) is 5.56 Å². The Hall–Kier alpha value is -3.55. The van der Waals surface area contributed by atoms with Gasteiger partial charge in [-0.3, -0.25) is 14.6 Å². The zero-order valence-corrected chi connectivity index (χ0v) is 16.4. The van der Waals surface area contributed by atoms with E-state index in [-0.39, 0.29) is 30.7 Å². The number of nitrogens with one attached hydrogen (secondary N) is 1. The highest BCUT2D eigenvalue weighted by atomic mass is 16.2.